The van der Waals surface area contributed by atoms with Crippen molar-refractivity contribution < 1.29 is 4.74 Å². The van der Waals surface area contributed by atoms with E-state index >= 15 is 0 Å². The summed E-state index contributed by atoms with van der Waals surface area (Å²) in [7, 11) is 1.68. The lowest BCUT2D eigenvalue weighted by Crippen LogP contribution is -2.29. The van der Waals surface area contributed by atoms with Crippen LogP contribution in [0.4, 0.5) is 0 Å². The third kappa shape index (κ3) is 8.04. The van der Waals surface area contributed by atoms with Crippen molar-refractivity contribution in [2.75, 3.05) is 39.2 Å². The molecule has 4 heteroatoms. The van der Waals surface area contributed by atoms with Gasteiger partial charge in [0, 0.05) is 32.5 Å². The summed E-state index contributed by atoms with van der Waals surface area (Å²) in [6.07, 6.45) is 1.54. The van der Waals surface area contributed by atoms with Gasteiger partial charge in [-0.3, -0.25) is 4.90 Å². The van der Waals surface area contributed by atoms with Gasteiger partial charge in [0.05, 0.1) is 12.7 Å². The maximum absolute atomic E-state index is 8.43. The van der Waals surface area contributed by atoms with Crippen molar-refractivity contribution in [3.63, 3.8) is 0 Å². The van der Waals surface area contributed by atoms with E-state index in [9.17, 15) is 0 Å². The summed E-state index contributed by atoms with van der Waals surface area (Å²) in [6.45, 7) is 3.37. The first-order chi connectivity index (χ1) is 6.35. The lowest BCUT2D eigenvalue weighted by Gasteiger charge is -2.19. The average Bonchev–Trinajstić information content (AvgIpc) is 2.17. The Hall–Kier alpha value is -0.300. The van der Waals surface area contributed by atoms with Gasteiger partial charge in [-0.15, -0.1) is 11.6 Å². The highest BCUT2D eigenvalue weighted by molar-refractivity contribution is 6.17. The van der Waals surface area contributed by atoms with Crippen LogP contribution < -0.4 is 0 Å². The van der Waals surface area contributed by atoms with Crippen LogP contribution in [0.3, 0.4) is 0 Å². The van der Waals surface area contributed by atoms with Crippen LogP contribution in [-0.2, 0) is 4.74 Å². The van der Waals surface area contributed by atoms with Crippen molar-refractivity contribution in [2.45, 2.75) is 12.8 Å². The van der Waals surface area contributed by atoms with E-state index in [4.69, 9.17) is 21.6 Å². The molecule has 0 aromatic carbocycles. The SMILES string of the molecule is COCCN(CCC#N)CCCCl. The molecule has 0 N–H and O–H groups in total. The first kappa shape index (κ1) is 12.7. The summed E-state index contributed by atoms with van der Waals surface area (Å²) in [6, 6.07) is 2.14. The Kier molecular flexibility index (Phi) is 9.56. The van der Waals surface area contributed by atoms with Crippen LogP contribution in [0.15, 0.2) is 0 Å². The molecule has 0 saturated heterocycles. The molecule has 0 radical (unpaired) electrons. The smallest absolute Gasteiger partial charge is 0.0635 e. The van der Waals surface area contributed by atoms with E-state index in [1.165, 1.54) is 0 Å². The van der Waals surface area contributed by atoms with Crippen LogP contribution in [0, 0.1) is 11.3 Å². The van der Waals surface area contributed by atoms with Crippen LogP contribution in [0.1, 0.15) is 12.8 Å². The molecule has 0 aliphatic rings. The molecule has 0 aliphatic heterocycles. The molecular weight excluding hydrogens is 188 g/mol. The summed E-state index contributed by atoms with van der Waals surface area (Å²) in [5.74, 6) is 0.677. The zero-order valence-corrected chi connectivity index (χ0v) is 8.89. The molecule has 0 aliphatic carbocycles. The van der Waals surface area contributed by atoms with E-state index in [0.29, 0.717) is 18.9 Å². The molecular formula is C9H17ClN2O. The summed E-state index contributed by atoms with van der Waals surface area (Å²) in [5.41, 5.74) is 0. The van der Waals surface area contributed by atoms with Crippen LogP contribution in [0.2, 0.25) is 0 Å². The van der Waals surface area contributed by atoms with Gasteiger partial charge in [0.1, 0.15) is 0 Å². The van der Waals surface area contributed by atoms with Gasteiger partial charge in [-0.2, -0.15) is 5.26 Å². The molecule has 0 amide bonds. The largest absolute Gasteiger partial charge is 0.383 e. The van der Waals surface area contributed by atoms with E-state index in [1.54, 1.807) is 7.11 Å². The van der Waals surface area contributed by atoms with E-state index in [-0.39, 0.29) is 0 Å². The van der Waals surface area contributed by atoms with Gasteiger partial charge in [0.2, 0.25) is 0 Å². The van der Waals surface area contributed by atoms with Crippen molar-refractivity contribution >= 4 is 11.6 Å². The first-order valence-electron chi connectivity index (χ1n) is 4.49. The first-order valence-corrected chi connectivity index (χ1v) is 5.02. The second kappa shape index (κ2) is 9.79. The quantitative estimate of drug-likeness (QED) is 0.562. The summed E-state index contributed by atoms with van der Waals surface area (Å²) >= 11 is 5.59. The zero-order valence-electron chi connectivity index (χ0n) is 8.13. The Balaban J connectivity index is 3.54. The van der Waals surface area contributed by atoms with Crippen molar-refractivity contribution in [1.82, 2.24) is 4.90 Å². The van der Waals surface area contributed by atoms with Gasteiger partial charge in [-0.05, 0) is 13.0 Å². The second-order valence-corrected chi connectivity index (χ2v) is 3.16. The Morgan fingerprint density at radius 2 is 2.15 bits per heavy atom. The molecule has 0 saturated carbocycles. The van der Waals surface area contributed by atoms with Gasteiger partial charge >= 0.3 is 0 Å². The molecule has 76 valence electrons. The molecule has 0 aromatic heterocycles. The molecule has 3 nitrogen and oxygen atoms in total. The molecule has 0 spiro atoms. The highest BCUT2D eigenvalue weighted by Crippen LogP contribution is 1.95. The minimum Gasteiger partial charge on any atom is -0.383 e. The number of rotatable bonds is 8. The maximum atomic E-state index is 8.43. The summed E-state index contributed by atoms with van der Waals surface area (Å²) < 4.78 is 4.97. The van der Waals surface area contributed by atoms with E-state index < -0.39 is 0 Å². The number of hydrogen-bond donors (Lipinski definition) is 0. The molecule has 0 atom stereocenters. The predicted molar refractivity (Wildman–Crippen MR) is 53.9 cm³/mol. The van der Waals surface area contributed by atoms with Crippen LogP contribution in [0.5, 0.6) is 0 Å². The summed E-state index contributed by atoms with van der Waals surface area (Å²) in [5, 5.41) is 8.43. The lowest BCUT2D eigenvalue weighted by molar-refractivity contribution is 0.149. The minimum atomic E-state index is 0.575. The van der Waals surface area contributed by atoms with Crippen molar-refractivity contribution in [3.8, 4) is 6.07 Å². The van der Waals surface area contributed by atoms with Gasteiger partial charge in [-0.25, -0.2) is 0 Å². The highest BCUT2D eigenvalue weighted by Gasteiger charge is 2.02. The third-order valence-corrected chi connectivity index (χ3v) is 2.03. The normalized spacial score (nSPS) is 10.3. The van der Waals surface area contributed by atoms with E-state index in [0.717, 1.165) is 26.1 Å². The molecule has 13 heavy (non-hydrogen) atoms. The van der Waals surface area contributed by atoms with E-state index in [2.05, 4.69) is 11.0 Å². The highest BCUT2D eigenvalue weighted by atomic mass is 35.5. The van der Waals surface area contributed by atoms with Crippen LogP contribution >= 0.6 is 11.6 Å². The van der Waals surface area contributed by atoms with E-state index in [1.807, 2.05) is 0 Å². The Morgan fingerprint density at radius 3 is 2.69 bits per heavy atom. The third-order valence-electron chi connectivity index (χ3n) is 1.76. The zero-order chi connectivity index (χ0) is 9.94. The number of nitriles is 1. The lowest BCUT2D eigenvalue weighted by atomic mass is 10.3. The number of hydrogen-bond acceptors (Lipinski definition) is 3. The average molecular weight is 205 g/mol. The molecule has 0 unspecified atom stereocenters. The monoisotopic (exact) mass is 204 g/mol. The van der Waals surface area contributed by atoms with Crippen molar-refractivity contribution in [1.29, 1.82) is 5.26 Å². The number of nitrogens with zero attached hydrogens (tertiary/aromatic N) is 2. The van der Waals surface area contributed by atoms with Crippen molar-refractivity contribution in [3.05, 3.63) is 0 Å². The van der Waals surface area contributed by atoms with Crippen LogP contribution in [0.25, 0.3) is 0 Å². The number of halogens is 1. The van der Waals surface area contributed by atoms with Gasteiger partial charge in [0.15, 0.2) is 0 Å². The Morgan fingerprint density at radius 1 is 1.38 bits per heavy atom. The molecule has 0 aromatic rings. The topological polar surface area (TPSA) is 36.3 Å². The molecule has 0 fully saturated rings. The summed E-state index contributed by atoms with van der Waals surface area (Å²) in [4.78, 5) is 2.20. The number of ether oxygens (including phenoxy) is 1. The minimum absolute atomic E-state index is 0.575. The fourth-order valence-electron chi connectivity index (χ4n) is 1.05. The fourth-order valence-corrected chi connectivity index (χ4v) is 1.17. The van der Waals surface area contributed by atoms with Gasteiger partial charge < -0.3 is 4.74 Å². The van der Waals surface area contributed by atoms with Gasteiger partial charge in [-0.1, -0.05) is 0 Å². The second-order valence-electron chi connectivity index (χ2n) is 2.79. The molecule has 0 rings (SSSR count). The standard InChI is InChI=1S/C9H17ClN2O/c1-13-9-8-12(6-2-4-10)7-3-5-11/h2-4,6-9H2,1H3. The van der Waals surface area contributed by atoms with Gasteiger partial charge in [0.25, 0.3) is 0 Å². The Labute approximate surface area is 85.2 Å². The number of methoxy groups -OCH3 is 1. The van der Waals surface area contributed by atoms with Crippen LogP contribution in [-0.4, -0.2) is 44.1 Å². The van der Waals surface area contributed by atoms with Crippen molar-refractivity contribution in [2.24, 2.45) is 0 Å². The molecule has 0 heterocycles. The molecule has 0 bridgehead atoms. The predicted octanol–water partition coefficient (Wildman–Crippen LogP) is 1.48. The number of alkyl halides is 1. The Bertz CT molecular complexity index is 139. The fraction of sp³-hybridized carbons (Fsp3) is 0.889. The maximum Gasteiger partial charge on any atom is 0.0635 e.